The predicted octanol–water partition coefficient (Wildman–Crippen LogP) is 13.3. The minimum absolute atomic E-state index is 0.401. The lowest BCUT2D eigenvalue weighted by Crippen LogP contribution is -1.97. The van der Waals surface area contributed by atoms with Gasteiger partial charge in [0.25, 0.3) is 0 Å². The Kier molecular flexibility index (Phi) is 10.0. The Bertz CT molecular complexity index is 1630. The summed E-state index contributed by atoms with van der Waals surface area (Å²) in [6.45, 7) is 4.63. The second-order valence-corrected chi connectivity index (χ2v) is 13.7. The number of hydrogen-bond donors (Lipinski definition) is 0. The van der Waals surface area contributed by atoms with Gasteiger partial charge in [0.05, 0.1) is 0 Å². The van der Waals surface area contributed by atoms with Gasteiger partial charge in [-0.3, -0.25) is 0 Å². The van der Waals surface area contributed by atoms with Crippen molar-refractivity contribution < 1.29 is 0 Å². The first-order valence-electron chi connectivity index (χ1n) is 15.6. The first kappa shape index (κ1) is 30.1. The van der Waals surface area contributed by atoms with Crippen LogP contribution in [-0.4, -0.2) is 0 Å². The molecule has 0 saturated heterocycles. The van der Waals surface area contributed by atoms with E-state index in [0.717, 1.165) is 12.8 Å². The summed E-state index contributed by atoms with van der Waals surface area (Å²) in [6, 6.07) is 57.4. The molecule has 2 atom stereocenters. The van der Waals surface area contributed by atoms with E-state index in [1.165, 1.54) is 55.6 Å². The van der Waals surface area contributed by atoms with Crippen LogP contribution in [0, 0.1) is 0 Å². The van der Waals surface area contributed by atoms with Crippen molar-refractivity contribution in [3.8, 4) is 44.5 Å². The van der Waals surface area contributed by atoms with Crippen LogP contribution < -0.4 is 0 Å². The van der Waals surface area contributed by atoms with Crippen molar-refractivity contribution >= 4 is 21.6 Å². The topological polar surface area (TPSA) is 0 Å². The second kappa shape index (κ2) is 14.7. The molecule has 0 aliphatic carbocycles. The van der Waals surface area contributed by atoms with E-state index in [-0.39, 0.29) is 0 Å². The molecule has 0 unspecified atom stereocenters. The molecule has 6 aromatic rings. The highest BCUT2D eigenvalue weighted by atomic mass is 33.1. The molecule has 0 aliphatic rings. The third-order valence-corrected chi connectivity index (χ3v) is 11.7. The Morgan fingerprint density at radius 2 is 0.659 bits per heavy atom. The molecule has 2 heteroatoms. The molecule has 0 saturated carbocycles. The van der Waals surface area contributed by atoms with Gasteiger partial charge in [0.1, 0.15) is 0 Å². The van der Waals surface area contributed by atoms with Crippen LogP contribution in [0.4, 0.5) is 0 Å². The summed E-state index contributed by atoms with van der Waals surface area (Å²) < 4.78 is 0. The molecule has 0 bridgehead atoms. The van der Waals surface area contributed by atoms with Crippen molar-refractivity contribution in [1.82, 2.24) is 0 Å². The van der Waals surface area contributed by atoms with E-state index in [2.05, 4.69) is 172 Å². The molecule has 0 spiro atoms. The van der Waals surface area contributed by atoms with Crippen LogP contribution in [0.15, 0.2) is 158 Å². The highest BCUT2D eigenvalue weighted by Gasteiger charge is 2.20. The summed E-state index contributed by atoms with van der Waals surface area (Å²) in [4.78, 5) is 0. The van der Waals surface area contributed by atoms with Crippen LogP contribution in [0.1, 0.15) is 48.3 Å². The van der Waals surface area contributed by atoms with Crippen molar-refractivity contribution in [2.24, 2.45) is 0 Å². The van der Waals surface area contributed by atoms with E-state index in [1.54, 1.807) is 0 Å². The van der Waals surface area contributed by atoms with Gasteiger partial charge in [-0.15, -0.1) is 0 Å². The van der Waals surface area contributed by atoms with Crippen molar-refractivity contribution in [3.63, 3.8) is 0 Å². The molecule has 0 N–H and O–H groups in total. The fourth-order valence-electron chi connectivity index (χ4n) is 5.83. The Hall–Kier alpha value is -3.98. The van der Waals surface area contributed by atoms with Gasteiger partial charge in [-0.05, 0) is 80.6 Å². The molecule has 218 valence electrons. The zero-order valence-corrected chi connectivity index (χ0v) is 27.0. The van der Waals surface area contributed by atoms with Crippen LogP contribution in [-0.2, 0) is 0 Å². The Morgan fingerprint density at radius 1 is 0.364 bits per heavy atom. The average molecular weight is 607 g/mol. The third-order valence-electron chi connectivity index (χ3n) is 8.20. The van der Waals surface area contributed by atoms with Gasteiger partial charge < -0.3 is 0 Å². The van der Waals surface area contributed by atoms with Crippen molar-refractivity contribution in [1.29, 1.82) is 0 Å². The van der Waals surface area contributed by atoms with Gasteiger partial charge in [-0.1, -0.05) is 181 Å². The SMILES string of the molecule is CC[C@@H](SS[C@H](CC)c1ccc(-c2ccccc2)c(-c2ccccc2)c1)c1ccc(-c2ccccc2)c(-c2ccccc2)c1. The molecule has 6 aromatic carbocycles. The highest BCUT2D eigenvalue weighted by molar-refractivity contribution is 8.76. The first-order chi connectivity index (χ1) is 21.7. The summed E-state index contributed by atoms with van der Waals surface area (Å²) >= 11 is 0. The summed E-state index contributed by atoms with van der Waals surface area (Å²) in [5, 5.41) is 0.803. The largest absolute Gasteiger partial charge is 0.0853 e. The van der Waals surface area contributed by atoms with Gasteiger partial charge in [-0.25, -0.2) is 0 Å². The molecular formula is C42H38S2. The minimum atomic E-state index is 0.401. The monoisotopic (exact) mass is 606 g/mol. The van der Waals surface area contributed by atoms with Crippen LogP contribution >= 0.6 is 21.6 Å². The van der Waals surface area contributed by atoms with E-state index in [4.69, 9.17) is 0 Å². The smallest absolute Gasteiger partial charge is 0.0398 e. The molecule has 0 nitrogen and oxygen atoms in total. The van der Waals surface area contributed by atoms with Gasteiger partial charge in [0.2, 0.25) is 0 Å². The molecule has 0 aliphatic heterocycles. The molecule has 44 heavy (non-hydrogen) atoms. The van der Waals surface area contributed by atoms with E-state index in [9.17, 15) is 0 Å². The van der Waals surface area contributed by atoms with Crippen LogP contribution in [0.25, 0.3) is 44.5 Å². The van der Waals surface area contributed by atoms with Crippen molar-refractivity contribution in [2.75, 3.05) is 0 Å². The second-order valence-electron chi connectivity index (χ2n) is 11.1. The highest BCUT2D eigenvalue weighted by Crippen LogP contribution is 2.50. The fraction of sp³-hybridized carbons (Fsp3) is 0.143. The lowest BCUT2D eigenvalue weighted by molar-refractivity contribution is 0.894. The molecule has 0 fully saturated rings. The summed E-state index contributed by atoms with van der Waals surface area (Å²) in [6.07, 6.45) is 2.16. The summed E-state index contributed by atoms with van der Waals surface area (Å²) in [5.41, 5.74) is 13.0. The van der Waals surface area contributed by atoms with Crippen LogP contribution in [0.3, 0.4) is 0 Å². The standard InChI is InChI=1S/C42H38S2/c1-3-41(35-25-27-37(31-17-9-5-10-18-31)39(29-35)33-21-13-7-14-22-33)43-44-42(4-2)36-26-28-38(32-19-11-6-12-20-32)40(30-36)34-23-15-8-16-24-34/h5-30,41-42H,3-4H2,1-2H3/t41-,42-/m1/s1. The van der Waals surface area contributed by atoms with Crippen LogP contribution in [0.2, 0.25) is 0 Å². The van der Waals surface area contributed by atoms with E-state index < -0.39 is 0 Å². The Balaban J connectivity index is 1.29. The normalized spacial score (nSPS) is 12.5. The molecular weight excluding hydrogens is 569 g/mol. The van der Waals surface area contributed by atoms with E-state index >= 15 is 0 Å². The maximum absolute atomic E-state index is 2.43. The number of benzene rings is 6. The first-order valence-corrected chi connectivity index (χ1v) is 17.8. The minimum Gasteiger partial charge on any atom is -0.0853 e. The molecule has 0 amide bonds. The quantitative estimate of drug-likeness (QED) is 0.135. The lowest BCUT2D eigenvalue weighted by atomic mass is 9.92. The molecule has 0 heterocycles. The van der Waals surface area contributed by atoms with Crippen LogP contribution in [0.5, 0.6) is 0 Å². The number of rotatable bonds is 11. The van der Waals surface area contributed by atoms with Gasteiger partial charge in [0, 0.05) is 10.5 Å². The third kappa shape index (κ3) is 6.88. The summed E-state index contributed by atoms with van der Waals surface area (Å²) in [5.74, 6) is 0. The van der Waals surface area contributed by atoms with E-state index in [1.807, 2.05) is 21.6 Å². The zero-order valence-electron chi connectivity index (χ0n) is 25.4. The van der Waals surface area contributed by atoms with Gasteiger partial charge >= 0.3 is 0 Å². The predicted molar refractivity (Wildman–Crippen MR) is 196 cm³/mol. The zero-order chi connectivity index (χ0) is 30.1. The molecule has 6 rings (SSSR count). The lowest BCUT2D eigenvalue weighted by Gasteiger charge is -2.22. The molecule has 0 aromatic heterocycles. The molecule has 0 radical (unpaired) electrons. The van der Waals surface area contributed by atoms with Crippen molar-refractivity contribution in [3.05, 3.63) is 169 Å². The summed E-state index contributed by atoms with van der Waals surface area (Å²) in [7, 11) is 4.05. The van der Waals surface area contributed by atoms with Crippen molar-refractivity contribution in [2.45, 2.75) is 37.2 Å². The maximum atomic E-state index is 2.43. The van der Waals surface area contributed by atoms with Gasteiger partial charge in [0.15, 0.2) is 0 Å². The van der Waals surface area contributed by atoms with Gasteiger partial charge in [-0.2, -0.15) is 0 Å². The number of hydrogen-bond acceptors (Lipinski definition) is 2. The Labute approximate surface area is 271 Å². The maximum Gasteiger partial charge on any atom is 0.0398 e. The van der Waals surface area contributed by atoms with E-state index in [0.29, 0.717) is 10.5 Å². The average Bonchev–Trinajstić information content (AvgIpc) is 3.11. The fourth-order valence-corrected chi connectivity index (χ4v) is 9.17. The Morgan fingerprint density at radius 3 is 0.955 bits per heavy atom.